The lowest BCUT2D eigenvalue weighted by Gasteiger charge is -2.19. The van der Waals surface area contributed by atoms with E-state index in [1.54, 1.807) is 6.07 Å². The molecule has 0 radical (unpaired) electrons. The lowest BCUT2D eigenvalue weighted by molar-refractivity contribution is -0.143. The van der Waals surface area contributed by atoms with Crippen LogP contribution in [0, 0.1) is 23.6 Å². The quantitative estimate of drug-likeness (QED) is 0.772. The summed E-state index contributed by atoms with van der Waals surface area (Å²) in [6.45, 7) is 6.31. The Bertz CT molecular complexity index is 527. The molecule has 1 heterocycles. The molecule has 2 N–H and O–H groups in total. The van der Waals surface area contributed by atoms with Crippen LogP contribution in [-0.2, 0) is 11.2 Å². The Labute approximate surface area is 137 Å². The van der Waals surface area contributed by atoms with Gasteiger partial charge in [-0.15, -0.1) is 0 Å². The molecule has 1 aliphatic rings. The number of hydrogen-bond donors (Lipinski definition) is 2. The largest absolute Gasteiger partial charge is 0.493 e. The predicted octanol–water partition coefficient (Wildman–Crippen LogP) is 3.10. The van der Waals surface area contributed by atoms with Crippen LogP contribution in [0.1, 0.15) is 32.3 Å². The third-order valence-corrected chi connectivity index (χ3v) is 4.34. The van der Waals surface area contributed by atoms with E-state index in [-0.39, 0.29) is 11.7 Å². The van der Waals surface area contributed by atoms with Crippen molar-refractivity contribution in [1.82, 2.24) is 5.32 Å². The highest BCUT2D eigenvalue weighted by atomic mass is 19.1. The fourth-order valence-corrected chi connectivity index (χ4v) is 2.96. The Hall–Kier alpha value is -1.62. The first kappa shape index (κ1) is 17.7. The fraction of sp³-hybridized carbons (Fsp3) is 0.611. The van der Waals surface area contributed by atoms with Crippen molar-refractivity contribution in [3.63, 3.8) is 0 Å². The van der Waals surface area contributed by atoms with Crippen molar-refractivity contribution in [3.05, 3.63) is 29.6 Å². The molecule has 0 spiro atoms. The van der Waals surface area contributed by atoms with Gasteiger partial charge in [0.05, 0.1) is 12.5 Å². The van der Waals surface area contributed by atoms with Gasteiger partial charge in [-0.3, -0.25) is 4.79 Å². The average Bonchev–Trinajstić information content (AvgIpc) is 2.97. The van der Waals surface area contributed by atoms with E-state index in [9.17, 15) is 14.3 Å². The highest BCUT2D eigenvalue weighted by molar-refractivity contribution is 5.71. The zero-order valence-corrected chi connectivity index (χ0v) is 13.8. The normalized spacial score (nSPS) is 19.0. The highest BCUT2D eigenvalue weighted by Crippen LogP contribution is 2.26. The second-order valence-corrected chi connectivity index (χ2v) is 6.73. The second-order valence-electron chi connectivity index (χ2n) is 6.73. The van der Waals surface area contributed by atoms with Crippen LogP contribution in [0.25, 0.3) is 0 Å². The molecule has 1 aromatic carbocycles. The summed E-state index contributed by atoms with van der Waals surface area (Å²) < 4.78 is 19.4. The maximum atomic E-state index is 13.8. The molecule has 0 aromatic heterocycles. The van der Waals surface area contributed by atoms with Crippen molar-refractivity contribution in [2.45, 2.75) is 33.1 Å². The summed E-state index contributed by atoms with van der Waals surface area (Å²) in [4.78, 5) is 11.6. The Kier molecular flexibility index (Phi) is 6.39. The molecule has 0 unspecified atom stereocenters. The Balaban J connectivity index is 2.05. The number of hydrogen-bond acceptors (Lipinski definition) is 3. The molecule has 0 amide bonds. The van der Waals surface area contributed by atoms with Crippen molar-refractivity contribution in [1.29, 1.82) is 0 Å². The van der Waals surface area contributed by atoms with E-state index in [0.29, 0.717) is 36.8 Å². The minimum absolute atomic E-state index is 0.0982. The van der Waals surface area contributed by atoms with E-state index >= 15 is 0 Å². The number of aliphatic carboxylic acids is 1. The summed E-state index contributed by atoms with van der Waals surface area (Å²) in [5.41, 5.74) is 0.684. The van der Waals surface area contributed by atoms with Crippen LogP contribution in [-0.4, -0.2) is 30.8 Å². The molecule has 4 nitrogen and oxygen atoms in total. The number of halogens is 1. The SMILES string of the molecule is CC(C)CCOc1cc(F)cc(C[C@H](C(=O)O)[C@H]2CCNC2)c1. The van der Waals surface area contributed by atoms with Crippen molar-refractivity contribution in [2.24, 2.45) is 17.8 Å². The number of benzene rings is 1. The minimum atomic E-state index is -0.815. The Morgan fingerprint density at radius 1 is 1.43 bits per heavy atom. The van der Waals surface area contributed by atoms with Crippen LogP contribution < -0.4 is 10.1 Å². The number of rotatable bonds is 8. The minimum Gasteiger partial charge on any atom is -0.493 e. The van der Waals surface area contributed by atoms with Crippen molar-refractivity contribution in [2.75, 3.05) is 19.7 Å². The number of ether oxygens (including phenoxy) is 1. The van der Waals surface area contributed by atoms with Gasteiger partial charge in [-0.2, -0.15) is 0 Å². The molecule has 1 aliphatic heterocycles. The standard InChI is InChI=1S/C18H26FNO3/c1-12(2)4-6-23-16-8-13(7-15(19)10-16)9-17(18(21)22)14-3-5-20-11-14/h7-8,10,12,14,17,20H,3-6,9,11H2,1-2H3,(H,21,22)/t14-,17-/m0/s1. The van der Waals surface area contributed by atoms with Gasteiger partial charge in [0, 0.05) is 6.07 Å². The smallest absolute Gasteiger partial charge is 0.307 e. The first-order chi connectivity index (χ1) is 11.0. The summed E-state index contributed by atoms with van der Waals surface area (Å²) in [7, 11) is 0. The summed E-state index contributed by atoms with van der Waals surface area (Å²) in [6, 6.07) is 4.53. The average molecular weight is 323 g/mol. The molecule has 1 fully saturated rings. The van der Waals surface area contributed by atoms with Gasteiger partial charge in [-0.1, -0.05) is 13.8 Å². The topological polar surface area (TPSA) is 58.6 Å². The maximum Gasteiger partial charge on any atom is 0.307 e. The highest BCUT2D eigenvalue weighted by Gasteiger charge is 2.30. The van der Waals surface area contributed by atoms with E-state index in [1.165, 1.54) is 12.1 Å². The molecule has 5 heteroatoms. The fourth-order valence-electron chi connectivity index (χ4n) is 2.96. The maximum absolute atomic E-state index is 13.8. The van der Waals surface area contributed by atoms with Crippen LogP contribution in [0.2, 0.25) is 0 Å². The molecular weight excluding hydrogens is 297 g/mol. The van der Waals surface area contributed by atoms with Gasteiger partial charge in [-0.25, -0.2) is 4.39 Å². The van der Waals surface area contributed by atoms with Crippen molar-refractivity contribution < 1.29 is 19.0 Å². The van der Waals surface area contributed by atoms with Gasteiger partial charge in [-0.05, 0) is 61.9 Å². The van der Waals surface area contributed by atoms with Crippen LogP contribution in [0.15, 0.2) is 18.2 Å². The zero-order chi connectivity index (χ0) is 16.8. The molecule has 23 heavy (non-hydrogen) atoms. The third-order valence-electron chi connectivity index (χ3n) is 4.34. The number of nitrogens with one attached hydrogen (secondary N) is 1. The van der Waals surface area contributed by atoms with Crippen LogP contribution in [0.4, 0.5) is 4.39 Å². The number of carbonyl (C=O) groups is 1. The summed E-state index contributed by atoms with van der Waals surface area (Å²) in [5, 5.41) is 12.7. The van der Waals surface area contributed by atoms with Crippen molar-refractivity contribution in [3.8, 4) is 5.75 Å². The van der Waals surface area contributed by atoms with E-state index in [0.717, 1.165) is 19.4 Å². The monoisotopic (exact) mass is 323 g/mol. The summed E-state index contributed by atoms with van der Waals surface area (Å²) in [5.74, 6) is -0.582. The number of carboxylic acids is 1. The van der Waals surface area contributed by atoms with E-state index in [1.807, 2.05) is 0 Å². The lowest BCUT2D eigenvalue weighted by Crippen LogP contribution is -2.27. The van der Waals surface area contributed by atoms with Crippen LogP contribution >= 0.6 is 0 Å². The third kappa shape index (κ3) is 5.50. The van der Waals surface area contributed by atoms with Gasteiger partial charge < -0.3 is 15.2 Å². The Morgan fingerprint density at radius 2 is 2.22 bits per heavy atom. The second kappa shape index (κ2) is 8.29. The van der Waals surface area contributed by atoms with Gasteiger partial charge in [0.25, 0.3) is 0 Å². The molecular formula is C18H26FNO3. The molecule has 1 aromatic rings. The first-order valence-corrected chi connectivity index (χ1v) is 8.31. The summed E-state index contributed by atoms with van der Waals surface area (Å²) >= 11 is 0. The van der Waals surface area contributed by atoms with Crippen LogP contribution in [0.3, 0.4) is 0 Å². The number of carboxylic acid groups (broad SMARTS) is 1. The molecule has 128 valence electrons. The molecule has 0 saturated carbocycles. The van der Waals surface area contributed by atoms with Crippen LogP contribution in [0.5, 0.6) is 5.75 Å². The Morgan fingerprint density at radius 3 is 2.83 bits per heavy atom. The van der Waals surface area contributed by atoms with E-state index in [4.69, 9.17) is 4.74 Å². The molecule has 2 atom stereocenters. The molecule has 2 rings (SSSR count). The van der Waals surface area contributed by atoms with E-state index in [2.05, 4.69) is 19.2 Å². The van der Waals surface area contributed by atoms with Gasteiger partial charge in [0.15, 0.2) is 0 Å². The predicted molar refractivity (Wildman–Crippen MR) is 87.2 cm³/mol. The van der Waals surface area contributed by atoms with Gasteiger partial charge in [0.2, 0.25) is 0 Å². The van der Waals surface area contributed by atoms with Gasteiger partial charge in [0.1, 0.15) is 11.6 Å². The van der Waals surface area contributed by atoms with Crippen molar-refractivity contribution >= 4 is 5.97 Å². The molecule has 1 saturated heterocycles. The summed E-state index contributed by atoms with van der Waals surface area (Å²) in [6.07, 6.45) is 2.08. The lowest BCUT2D eigenvalue weighted by atomic mass is 9.86. The van der Waals surface area contributed by atoms with Gasteiger partial charge >= 0.3 is 5.97 Å². The van der Waals surface area contributed by atoms with E-state index < -0.39 is 11.9 Å². The molecule has 0 bridgehead atoms. The zero-order valence-electron chi connectivity index (χ0n) is 13.8. The molecule has 0 aliphatic carbocycles. The first-order valence-electron chi connectivity index (χ1n) is 8.31.